The van der Waals surface area contributed by atoms with E-state index in [9.17, 15) is 0 Å². The first-order valence-corrected chi connectivity index (χ1v) is 6.47. The van der Waals surface area contributed by atoms with E-state index in [2.05, 4.69) is 39.2 Å². The molecule has 3 heterocycles. The summed E-state index contributed by atoms with van der Waals surface area (Å²) in [4.78, 5) is 12.9. The first kappa shape index (κ1) is 12.5. The molecule has 6 heteroatoms. The fourth-order valence-electron chi connectivity index (χ4n) is 1.97. The van der Waals surface area contributed by atoms with Crippen LogP contribution in [-0.2, 0) is 5.54 Å². The zero-order valence-corrected chi connectivity index (χ0v) is 11.5. The molecule has 0 saturated carbocycles. The largest absolute Gasteiger partial charge is 0.368 e. The minimum absolute atomic E-state index is 0.136. The Kier molecular flexibility index (Phi) is 3.06. The quantitative estimate of drug-likeness (QED) is 0.784. The molecule has 0 aliphatic carbocycles. The number of fused-ring (bicyclic) bond motifs is 1. The molecule has 0 saturated heterocycles. The van der Waals surface area contributed by atoms with Crippen molar-refractivity contribution in [2.24, 2.45) is 0 Å². The monoisotopic (exact) mass is 268 g/mol. The summed E-state index contributed by atoms with van der Waals surface area (Å²) in [5.41, 5.74) is 1.31. The van der Waals surface area contributed by atoms with Crippen molar-refractivity contribution < 1.29 is 0 Å². The van der Waals surface area contributed by atoms with Crippen molar-refractivity contribution >= 4 is 17.0 Å². The van der Waals surface area contributed by atoms with Crippen molar-refractivity contribution in [3.63, 3.8) is 0 Å². The molecule has 0 fully saturated rings. The fraction of sp³-hybridized carbons (Fsp3) is 0.286. The maximum Gasteiger partial charge on any atom is 0.180 e. The van der Waals surface area contributed by atoms with Crippen LogP contribution in [-0.4, -0.2) is 31.3 Å². The van der Waals surface area contributed by atoms with Crippen molar-refractivity contribution in [1.82, 2.24) is 24.7 Å². The number of pyridine rings is 1. The SMILES string of the molecule is CC(C)(CNc1ccc2nccnc2n1)n1cccn1. The van der Waals surface area contributed by atoms with Gasteiger partial charge in [-0.25, -0.2) is 9.97 Å². The molecule has 3 aromatic rings. The summed E-state index contributed by atoms with van der Waals surface area (Å²) in [7, 11) is 0. The molecule has 0 spiro atoms. The molecule has 1 N–H and O–H groups in total. The highest BCUT2D eigenvalue weighted by molar-refractivity contribution is 5.71. The van der Waals surface area contributed by atoms with Crippen LogP contribution in [0.4, 0.5) is 5.82 Å². The molecular formula is C14H16N6. The maximum atomic E-state index is 4.45. The first-order valence-electron chi connectivity index (χ1n) is 6.47. The Balaban J connectivity index is 1.77. The standard InChI is InChI=1S/C14H16N6/c1-14(2,20-9-3-6-18-20)10-17-12-5-4-11-13(19-12)16-8-7-15-11/h3-9H,10H2,1-2H3,(H,16,17,19). The molecule has 3 rings (SSSR count). The second-order valence-corrected chi connectivity index (χ2v) is 5.21. The van der Waals surface area contributed by atoms with Crippen LogP contribution < -0.4 is 5.32 Å². The number of rotatable bonds is 4. The van der Waals surface area contributed by atoms with Crippen molar-refractivity contribution in [1.29, 1.82) is 0 Å². The lowest BCUT2D eigenvalue weighted by molar-refractivity contribution is 0.339. The first-order chi connectivity index (χ1) is 9.65. The van der Waals surface area contributed by atoms with Crippen molar-refractivity contribution in [2.45, 2.75) is 19.4 Å². The van der Waals surface area contributed by atoms with Gasteiger partial charge in [-0.2, -0.15) is 5.10 Å². The van der Waals surface area contributed by atoms with E-state index in [4.69, 9.17) is 0 Å². The smallest absolute Gasteiger partial charge is 0.180 e. The zero-order chi connectivity index (χ0) is 14.0. The Morgan fingerprint density at radius 1 is 1.15 bits per heavy atom. The average molecular weight is 268 g/mol. The average Bonchev–Trinajstić information content (AvgIpc) is 3.00. The van der Waals surface area contributed by atoms with Crippen LogP contribution in [0, 0.1) is 0 Å². The molecule has 0 aliphatic rings. The lowest BCUT2D eigenvalue weighted by Crippen LogP contribution is -2.34. The Labute approximate surface area is 116 Å². The van der Waals surface area contributed by atoms with E-state index in [1.165, 1.54) is 0 Å². The Morgan fingerprint density at radius 3 is 2.80 bits per heavy atom. The molecule has 3 aromatic heterocycles. The molecule has 0 radical (unpaired) electrons. The zero-order valence-electron chi connectivity index (χ0n) is 11.5. The molecule has 0 aromatic carbocycles. The topological polar surface area (TPSA) is 68.5 Å². The van der Waals surface area contributed by atoms with Gasteiger partial charge in [-0.05, 0) is 32.0 Å². The molecule has 0 aliphatic heterocycles. The molecule has 0 amide bonds. The minimum atomic E-state index is -0.136. The molecule has 0 unspecified atom stereocenters. The van der Waals surface area contributed by atoms with E-state index in [0.717, 1.165) is 11.3 Å². The highest BCUT2D eigenvalue weighted by Crippen LogP contribution is 2.16. The second kappa shape index (κ2) is 4.88. The predicted molar refractivity (Wildman–Crippen MR) is 77.4 cm³/mol. The molecular weight excluding hydrogens is 252 g/mol. The summed E-state index contributed by atoms with van der Waals surface area (Å²) in [5, 5.41) is 7.61. The predicted octanol–water partition coefficient (Wildman–Crippen LogP) is 2.07. The Morgan fingerprint density at radius 2 is 2.00 bits per heavy atom. The van der Waals surface area contributed by atoms with Gasteiger partial charge in [0, 0.05) is 31.3 Å². The molecule has 0 bridgehead atoms. The van der Waals surface area contributed by atoms with Crippen LogP contribution in [0.2, 0.25) is 0 Å². The normalized spacial score (nSPS) is 11.7. The van der Waals surface area contributed by atoms with Crippen molar-refractivity contribution in [3.05, 3.63) is 43.0 Å². The van der Waals surface area contributed by atoms with Crippen LogP contribution in [0.1, 0.15) is 13.8 Å². The molecule has 102 valence electrons. The number of anilines is 1. The summed E-state index contributed by atoms with van der Waals surface area (Å²) in [5.74, 6) is 0.790. The third-order valence-corrected chi connectivity index (χ3v) is 3.16. The highest BCUT2D eigenvalue weighted by Gasteiger charge is 2.20. The molecule has 0 atom stereocenters. The van der Waals surface area contributed by atoms with E-state index >= 15 is 0 Å². The van der Waals surface area contributed by atoms with Crippen LogP contribution in [0.3, 0.4) is 0 Å². The third-order valence-electron chi connectivity index (χ3n) is 3.16. The second-order valence-electron chi connectivity index (χ2n) is 5.21. The van der Waals surface area contributed by atoms with E-state index < -0.39 is 0 Å². The van der Waals surface area contributed by atoms with Gasteiger partial charge in [0.25, 0.3) is 0 Å². The van der Waals surface area contributed by atoms with E-state index in [0.29, 0.717) is 12.2 Å². The maximum absolute atomic E-state index is 4.45. The van der Waals surface area contributed by atoms with E-state index in [1.54, 1.807) is 18.6 Å². The Bertz CT molecular complexity index is 705. The molecule has 20 heavy (non-hydrogen) atoms. The highest BCUT2D eigenvalue weighted by atomic mass is 15.3. The van der Waals surface area contributed by atoms with Gasteiger partial charge in [0.05, 0.1) is 5.54 Å². The number of aromatic nitrogens is 5. The summed E-state index contributed by atoms with van der Waals surface area (Å²) < 4.78 is 1.93. The van der Waals surface area contributed by atoms with E-state index in [1.807, 2.05) is 29.1 Å². The van der Waals surface area contributed by atoms with Crippen LogP contribution in [0.25, 0.3) is 11.2 Å². The van der Waals surface area contributed by atoms with Gasteiger partial charge in [0.2, 0.25) is 0 Å². The van der Waals surface area contributed by atoms with Crippen LogP contribution in [0.15, 0.2) is 43.0 Å². The van der Waals surface area contributed by atoms with Gasteiger partial charge in [-0.15, -0.1) is 0 Å². The van der Waals surface area contributed by atoms with E-state index in [-0.39, 0.29) is 5.54 Å². The van der Waals surface area contributed by atoms with Gasteiger partial charge in [-0.3, -0.25) is 9.67 Å². The minimum Gasteiger partial charge on any atom is -0.368 e. The summed E-state index contributed by atoms with van der Waals surface area (Å²) in [6, 6.07) is 5.75. The van der Waals surface area contributed by atoms with Gasteiger partial charge in [0.15, 0.2) is 5.65 Å². The number of hydrogen-bond acceptors (Lipinski definition) is 5. The summed E-state index contributed by atoms with van der Waals surface area (Å²) >= 11 is 0. The lowest BCUT2D eigenvalue weighted by atomic mass is 10.1. The number of nitrogens with zero attached hydrogens (tertiary/aromatic N) is 5. The summed E-state index contributed by atoms with van der Waals surface area (Å²) in [6.07, 6.45) is 7.05. The van der Waals surface area contributed by atoms with Gasteiger partial charge < -0.3 is 5.32 Å². The Hall–Kier alpha value is -2.50. The fourth-order valence-corrected chi connectivity index (χ4v) is 1.97. The molecule has 6 nitrogen and oxygen atoms in total. The van der Waals surface area contributed by atoms with Crippen molar-refractivity contribution in [3.8, 4) is 0 Å². The lowest BCUT2D eigenvalue weighted by Gasteiger charge is -2.26. The number of nitrogens with one attached hydrogen (secondary N) is 1. The summed E-state index contributed by atoms with van der Waals surface area (Å²) in [6.45, 7) is 4.95. The third kappa shape index (κ3) is 2.45. The number of hydrogen-bond donors (Lipinski definition) is 1. The van der Waals surface area contributed by atoms with Gasteiger partial charge in [0.1, 0.15) is 11.3 Å². The van der Waals surface area contributed by atoms with Gasteiger partial charge >= 0.3 is 0 Å². The van der Waals surface area contributed by atoms with Crippen LogP contribution in [0.5, 0.6) is 0 Å². The van der Waals surface area contributed by atoms with Crippen LogP contribution >= 0.6 is 0 Å². The van der Waals surface area contributed by atoms with Crippen molar-refractivity contribution in [2.75, 3.05) is 11.9 Å². The van der Waals surface area contributed by atoms with Gasteiger partial charge in [-0.1, -0.05) is 0 Å².